The first kappa shape index (κ1) is 14.3. The molecule has 0 saturated heterocycles. The molecule has 1 aliphatic rings. The lowest BCUT2D eigenvalue weighted by Gasteiger charge is -2.31. The maximum Gasteiger partial charge on any atom is 0.0766 e. The highest BCUT2D eigenvalue weighted by Crippen LogP contribution is 2.39. The maximum absolute atomic E-state index is 10.2. The number of hydrogen-bond acceptors (Lipinski definition) is 3. The Bertz CT molecular complexity index is 198. The van der Waals surface area contributed by atoms with E-state index < -0.39 is 5.60 Å². The first-order chi connectivity index (χ1) is 7.60. The first-order valence-electron chi connectivity index (χ1n) is 6.58. The van der Waals surface area contributed by atoms with Gasteiger partial charge in [0.2, 0.25) is 0 Å². The van der Waals surface area contributed by atoms with E-state index in [1.165, 1.54) is 25.7 Å². The molecule has 0 spiro atoms. The largest absolute Gasteiger partial charge is 0.389 e. The highest BCUT2D eigenvalue weighted by Gasteiger charge is 2.33. The molecule has 1 saturated carbocycles. The summed E-state index contributed by atoms with van der Waals surface area (Å²) in [5.74, 6) is 0. The van der Waals surface area contributed by atoms with Gasteiger partial charge < -0.3 is 10.4 Å². The third kappa shape index (κ3) is 3.64. The SMILES string of the molecule is CCC(O)(CC)CNCC1(SC)CCCC1. The zero-order valence-electron chi connectivity index (χ0n) is 11.0. The Morgan fingerprint density at radius 1 is 1.25 bits per heavy atom. The zero-order valence-corrected chi connectivity index (χ0v) is 11.8. The van der Waals surface area contributed by atoms with Crippen molar-refractivity contribution >= 4 is 11.8 Å². The van der Waals surface area contributed by atoms with Crippen LogP contribution in [0.1, 0.15) is 52.4 Å². The van der Waals surface area contributed by atoms with Crippen LogP contribution in [0, 0.1) is 0 Å². The summed E-state index contributed by atoms with van der Waals surface area (Å²) in [6.45, 7) is 5.91. The van der Waals surface area contributed by atoms with Crippen molar-refractivity contribution in [3.63, 3.8) is 0 Å². The fourth-order valence-electron chi connectivity index (χ4n) is 2.50. The summed E-state index contributed by atoms with van der Waals surface area (Å²) in [5, 5.41) is 13.7. The van der Waals surface area contributed by atoms with Gasteiger partial charge in [0.1, 0.15) is 0 Å². The van der Waals surface area contributed by atoms with Crippen molar-refractivity contribution in [1.29, 1.82) is 0 Å². The molecule has 0 aromatic heterocycles. The van der Waals surface area contributed by atoms with Gasteiger partial charge in [0.15, 0.2) is 0 Å². The van der Waals surface area contributed by atoms with Crippen LogP contribution in [0.2, 0.25) is 0 Å². The van der Waals surface area contributed by atoms with E-state index >= 15 is 0 Å². The minimum Gasteiger partial charge on any atom is -0.389 e. The standard InChI is InChI=1S/C13H27NOS/c1-4-12(15,5-2)10-14-11-13(16-3)8-6-7-9-13/h14-15H,4-11H2,1-3H3. The predicted molar refractivity (Wildman–Crippen MR) is 73.1 cm³/mol. The molecule has 2 nitrogen and oxygen atoms in total. The molecule has 0 unspecified atom stereocenters. The highest BCUT2D eigenvalue weighted by molar-refractivity contribution is 8.00. The number of aliphatic hydroxyl groups is 1. The molecule has 0 amide bonds. The van der Waals surface area contributed by atoms with E-state index in [1.807, 2.05) is 11.8 Å². The van der Waals surface area contributed by atoms with Crippen molar-refractivity contribution in [2.75, 3.05) is 19.3 Å². The average Bonchev–Trinajstić information content (AvgIpc) is 2.78. The summed E-state index contributed by atoms with van der Waals surface area (Å²) < 4.78 is 0.447. The Morgan fingerprint density at radius 2 is 1.81 bits per heavy atom. The molecule has 1 fully saturated rings. The van der Waals surface area contributed by atoms with Crippen molar-refractivity contribution in [3.8, 4) is 0 Å². The Balaban J connectivity index is 2.33. The summed E-state index contributed by atoms with van der Waals surface area (Å²) in [6.07, 6.45) is 9.29. The summed E-state index contributed by atoms with van der Waals surface area (Å²) in [7, 11) is 0. The van der Waals surface area contributed by atoms with Crippen LogP contribution in [0.15, 0.2) is 0 Å². The van der Waals surface area contributed by atoms with Crippen molar-refractivity contribution in [1.82, 2.24) is 5.32 Å². The van der Waals surface area contributed by atoms with Gasteiger partial charge in [-0.05, 0) is 31.9 Å². The van der Waals surface area contributed by atoms with Gasteiger partial charge >= 0.3 is 0 Å². The van der Waals surface area contributed by atoms with E-state index in [0.717, 1.165) is 25.9 Å². The van der Waals surface area contributed by atoms with E-state index in [0.29, 0.717) is 4.75 Å². The van der Waals surface area contributed by atoms with Gasteiger partial charge in [0, 0.05) is 17.8 Å². The molecule has 0 heterocycles. The molecule has 0 aliphatic heterocycles. The molecule has 0 aromatic rings. The lowest BCUT2D eigenvalue weighted by atomic mass is 9.97. The van der Waals surface area contributed by atoms with E-state index in [-0.39, 0.29) is 0 Å². The minimum atomic E-state index is -0.502. The van der Waals surface area contributed by atoms with Crippen LogP contribution < -0.4 is 5.32 Å². The Hall–Kier alpha value is 0.270. The van der Waals surface area contributed by atoms with E-state index in [1.54, 1.807) is 0 Å². The van der Waals surface area contributed by atoms with Gasteiger partial charge in [-0.3, -0.25) is 0 Å². The normalized spacial score (nSPS) is 20.2. The lowest BCUT2D eigenvalue weighted by Crippen LogP contribution is -2.44. The van der Waals surface area contributed by atoms with Gasteiger partial charge in [-0.15, -0.1) is 0 Å². The van der Waals surface area contributed by atoms with Crippen molar-refractivity contribution in [2.45, 2.75) is 62.7 Å². The second-order valence-corrected chi connectivity index (χ2v) is 6.40. The smallest absolute Gasteiger partial charge is 0.0766 e. The number of rotatable bonds is 7. The fraction of sp³-hybridized carbons (Fsp3) is 1.00. The molecule has 0 aromatic carbocycles. The summed E-state index contributed by atoms with van der Waals surface area (Å²) in [5.41, 5.74) is -0.502. The summed E-state index contributed by atoms with van der Waals surface area (Å²) in [6, 6.07) is 0. The van der Waals surface area contributed by atoms with Crippen LogP contribution in [0.5, 0.6) is 0 Å². The molecule has 0 radical (unpaired) electrons. The molecule has 3 heteroatoms. The number of thioether (sulfide) groups is 1. The van der Waals surface area contributed by atoms with E-state index in [9.17, 15) is 5.11 Å². The molecule has 0 bridgehead atoms. The van der Waals surface area contributed by atoms with E-state index in [4.69, 9.17) is 0 Å². The maximum atomic E-state index is 10.2. The molecule has 2 N–H and O–H groups in total. The molecular weight excluding hydrogens is 218 g/mol. The van der Waals surface area contributed by atoms with Crippen LogP contribution in [0.4, 0.5) is 0 Å². The van der Waals surface area contributed by atoms with Crippen LogP contribution in [-0.4, -0.2) is 34.8 Å². The van der Waals surface area contributed by atoms with Crippen LogP contribution >= 0.6 is 11.8 Å². The van der Waals surface area contributed by atoms with Crippen molar-refractivity contribution in [2.24, 2.45) is 0 Å². The topological polar surface area (TPSA) is 32.3 Å². The Labute approximate surface area is 105 Å². The van der Waals surface area contributed by atoms with Crippen molar-refractivity contribution in [3.05, 3.63) is 0 Å². The summed E-state index contributed by atoms with van der Waals surface area (Å²) >= 11 is 2.00. The van der Waals surface area contributed by atoms with Crippen molar-refractivity contribution < 1.29 is 5.11 Å². The molecule has 16 heavy (non-hydrogen) atoms. The van der Waals surface area contributed by atoms with E-state index in [2.05, 4.69) is 25.4 Å². The van der Waals surface area contributed by atoms with Crippen LogP contribution in [-0.2, 0) is 0 Å². The van der Waals surface area contributed by atoms with Gasteiger partial charge in [-0.25, -0.2) is 0 Å². The monoisotopic (exact) mass is 245 g/mol. The van der Waals surface area contributed by atoms with Crippen LogP contribution in [0.3, 0.4) is 0 Å². The summed E-state index contributed by atoms with van der Waals surface area (Å²) in [4.78, 5) is 0. The fourth-order valence-corrected chi connectivity index (χ4v) is 3.44. The molecule has 0 atom stereocenters. The third-order valence-electron chi connectivity index (χ3n) is 4.17. The molecule has 1 aliphatic carbocycles. The number of hydrogen-bond donors (Lipinski definition) is 2. The Morgan fingerprint density at radius 3 is 2.25 bits per heavy atom. The highest BCUT2D eigenvalue weighted by atomic mass is 32.2. The number of nitrogens with one attached hydrogen (secondary N) is 1. The molecular formula is C13H27NOS. The second-order valence-electron chi connectivity index (χ2n) is 5.13. The molecule has 1 rings (SSSR count). The zero-order chi connectivity index (χ0) is 12.1. The lowest BCUT2D eigenvalue weighted by molar-refractivity contribution is 0.0322. The van der Waals surface area contributed by atoms with Gasteiger partial charge in [-0.1, -0.05) is 26.7 Å². The van der Waals surface area contributed by atoms with Gasteiger partial charge in [0.25, 0.3) is 0 Å². The first-order valence-corrected chi connectivity index (χ1v) is 7.80. The quantitative estimate of drug-likeness (QED) is 0.723. The van der Waals surface area contributed by atoms with Gasteiger partial charge in [-0.2, -0.15) is 11.8 Å². The average molecular weight is 245 g/mol. The van der Waals surface area contributed by atoms with Gasteiger partial charge in [0.05, 0.1) is 5.60 Å². The van der Waals surface area contributed by atoms with Crippen LogP contribution in [0.25, 0.3) is 0 Å². The Kier molecular flexibility index (Phi) is 5.62. The molecule has 96 valence electrons. The third-order valence-corrected chi connectivity index (χ3v) is 5.58. The second kappa shape index (κ2) is 6.27. The minimum absolute atomic E-state index is 0.447. The predicted octanol–water partition coefficient (Wildman–Crippen LogP) is 2.80.